The number of tetrazole rings is 1. The third-order valence-corrected chi connectivity index (χ3v) is 7.10. The molecule has 0 spiro atoms. The third-order valence-electron chi connectivity index (χ3n) is 7.10. The van der Waals surface area contributed by atoms with Crippen molar-refractivity contribution >= 4 is 10.9 Å². The van der Waals surface area contributed by atoms with E-state index in [9.17, 15) is 4.79 Å². The highest BCUT2D eigenvalue weighted by Gasteiger charge is 2.32. The Kier molecular flexibility index (Phi) is 7.22. The zero-order valence-electron chi connectivity index (χ0n) is 21.1. The molecular formula is C27H33N7O2. The van der Waals surface area contributed by atoms with Crippen molar-refractivity contribution < 1.29 is 4.74 Å². The van der Waals surface area contributed by atoms with Crippen LogP contribution in [-0.4, -0.2) is 74.9 Å². The molecule has 0 amide bonds. The molecule has 1 aliphatic heterocycles. The number of piperazine rings is 1. The number of fused-ring (bicyclic) bond motifs is 1. The Balaban J connectivity index is 1.50. The first kappa shape index (κ1) is 24.3. The van der Waals surface area contributed by atoms with Gasteiger partial charge in [0, 0.05) is 50.8 Å². The van der Waals surface area contributed by atoms with Crippen LogP contribution in [-0.2, 0) is 17.8 Å². The van der Waals surface area contributed by atoms with Crippen molar-refractivity contribution in [2.24, 2.45) is 0 Å². The highest BCUT2D eigenvalue weighted by atomic mass is 16.5. The fourth-order valence-electron chi connectivity index (χ4n) is 5.06. The Morgan fingerprint density at radius 2 is 1.78 bits per heavy atom. The maximum atomic E-state index is 13.5. The molecule has 2 aromatic carbocycles. The summed E-state index contributed by atoms with van der Waals surface area (Å²) in [6, 6.07) is 16.4. The van der Waals surface area contributed by atoms with Gasteiger partial charge in [0.2, 0.25) is 0 Å². The number of rotatable bonds is 8. The van der Waals surface area contributed by atoms with Gasteiger partial charge in [-0.1, -0.05) is 42.5 Å². The predicted octanol–water partition coefficient (Wildman–Crippen LogP) is 2.69. The lowest BCUT2D eigenvalue weighted by Gasteiger charge is -2.38. The Morgan fingerprint density at radius 3 is 2.53 bits per heavy atom. The third kappa shape index (κ3) is 4.95. The van der Waals surface area contributed by atoms with E-state index < -0.39 is 0 Å². The van der Waals surface area contributed by atoms with E-state index in [1.165, 1.54) is 5.56 Å². The topological polar surface area (TPSA) is 92.2 Å². The fourth-order valence-corrected chi connectivity index (χ4v) is 5.06. The number of aromatic amines is 1. The molecule has 0 saturated carbocycles. The molecule has 188 valence electrons. The zero-order valence-corrected chi connectivity index (χ0v) is 21.1. The molecule has 9 heteroatoms. The quantitative estimate of drug-likeness (QED) is 0.409. The van der Waals surface area contributed by atoms with E-state index in [4.69, 9.17) is 4.74 Å². The van der Waals surface area contributed by atoms with Crippen LogP contribution in [0.3, 0.4) is 0 Å². The monoisotopic (exact) mass is 487 g/mol. The summed E-state index contributed by atoms with van der Waals surface area (Å²) >= 11 is 0. The van der Waals surface area contributed by atoms with E-state index in [1.807, 2.05) is 25.1 Å². The van der Waals surface area contributed by atoms with Gasteiger partial charge in [0.1, 0.15) is 6.04 Å². The maximum absolute atomic E-state index is 13.5. The summed E-state index contributed by atoms with van der Waals surface area (Å²) in [5, 5.41) is 13.6. The largest absolute Gasteiger partial charge is 0.383 e. The van der Waals surface area contributed by atoms with Crippen molar-refractivity contribution in [2.45, 2.75) is 33.0 Å². The van der Waals surface area contributed by atoms with Crippen molar-refractivity contribution in [1.82, 2.24) is 35.0 Å². The molecule has 0 unspecified atom stereocenters. The van der Waals surface area contributed by atoms with Gasteiger partial charge >= 0.3 is 0 Å². The van der Waals surface area contributed by atoms with Gasteiger partial charge in [0.15, 0.2) is 5.82 Å². The van der Waals surface area contributed by atoms with Crippen LogP contribution in [0.5, 0.6) is 0 Å². The second-order valence-corrected chi connectivity index (χ2v) is 9.50. The molecule has 3 heterocycles. The van der Waals surface area contributed by atoms with Gasteiger partial charge in [-0.15, -0.1) is 5.10 Å². The molecule has 1 saturated heterocycles. The number of pyridine rings is 1. The molecule has 0 aliphatic carbocycles. The molecule has 5 rings (SSSR count). The van der Waals surface area contributed by atoms with Crippen LogP contribution in [0, 0.1) is 13.8 Å². The number of ether oxygens (including phenoxy) is 1. The number of aromatic nitrogens is 5. The zero-order chi connectivity index (χ0) is 25.1. The first-order valence-electron chi connectivity index (χ1n) is 12.4. The number of benzene rings is 2. The highest BCUT2D eigenvalue weighted by molar-refractivity contribution is 5.85. The first-order valence-corrected chi connectivity index (χ1v) is 12.4. The summed E-state index contributed by atoms with van der Waals surface area (Å²) in [7, 11) is 1.66. The standard InChI is InChI=1S/C27H33N7O2/c1-19-9-10-20(2)24-22(19)17-23(27(35)28-24)25(26-29-30-31-34(26)15-16-36-3)33-13-11-32(12-14-33)18-21-7-5-4-6-8-21/h4-10,17,25H,11-16,18H2,1-3H3,(H,28,35)/t25-/m0/s1. The average Bonchev–Trinajstić information content (AvgIpc) is 3.35. The van der Waals surface area contributed by atoms with E-state index >= 15 is 0 Å². The second-order valence-electron chi connectivity index (χ2n) is 9.50. The Labute approximate surface area is 210 Å². The van der Waals surface area contributed by atoms with Crippen molar-refractivity contribution in [2.75, 3.05) is 39.9 Å². The molecule has 9 nitrogen and oxygen atoms in total. The van der Waals surface area contributed by atoms with Gasteiger partial charge in [0.25, 0.3) is 5.56 Å². The Morgan fingerprint density at radius 1 is 1.03 bits per heavy atom. The van der Waals surface area contributed by atoms with Crippen molar-refractivity contribution in [3.8, 4) is 0 Å². The van der Waals surface area contributed by atoms with Gasteiger partial charge in [-0.05, 0) is 47.0 Å². The summed E-state index contributed by atoms with van der Waals surface area (Å²) in [6.45, 7) is 9.42. The molecule has 1 aliphatic rings. The summed E-state index contributed by atoms with van der Waals surface area (Å²) in [6.07, 6.45) is 0. The number of nitrogens with one attached hydrogen (secondary N) is 1. The molecule has 0 bridgehead atoms. The maximum Gasteiger partial charge on any atom is 0.253 e. The number of nitrogens with zero attached hydrogens (tertiary/aromatic N) is 6. The normalized spacial score (nSPS) is 16.0. The molecule has 2 aromatic heterocycles. The van der Waals surface area contributed by atoms with Gasteiger partial charge < -0.3 is 9.72 Å². The lowest BCUT2D eigenvalue weighted by molar-refractivity contribution is 0.0984. The summed E-state index contributed by atoms with van der Waals surface area (Å²) < 4.78 is 7.04. The molecule has 0 radical (unpaired) electrons. The number of aryl methyl sites for hydroxylation is 2. The molecular weight excluding hydrogens is 454 g/mol. The Bertz CT molecular complexity index is 1370. The second kappa shape index (κ2) is 10.7. The van der Waals surface area contributed by atoms with Crippen LogP contribution < -0.4 is 5.56 Å². The number of methoxy groups -OCH3 is 1. The van der Waals surface area contributed by atoms with Crippen LogP contribution in [0.2, 0.25) is 0 Å². The number of hydrogen-bond acceptors (Lipinski definition) is 7. The van der Waals surface area contributed by atoms with Crippen LogP contribution in [0.25, 0.3) is 10.9 Å². The van der Waals surface area contributed by atoms with E-state index in [1.54, 1.807) is 11.8 Å². The van der Waals surface area contributed by atoms with Crippen molar-refractivity contribution in [1.29, 1.82) is 0 Å². The van der Waals surface area contributed by atoms with Gasteiger partial charge in [0.05, 0.1) is 18.7 Å². The summed E-state index contributed by atoms with van der Waals surface area (Å²) in [4.78, 5) is 21.5. The number of H-pyrrole nitrogens is 1. The molecule has 1 N–H and O–H groups in total. The fraction of sp³-hybridized carbons (Fsp3) is 0.407. The van der Waals surface area contributed by atoms with E-state index in [2.05, 4.69) is 67.6 Å². The SMILES string of the molecule is COCCn1nnnc1[C@H](c1cc2c(C)ccc(C)c2[nH]c1=O)N1CCN(Cc2ccccc2)CC1. The smallest absolute Gasteiger partial charge is 0.253 e. The van der Waals surface area contributed by atoms with Crippen LogP contribution in [0.1, 0.15) is 34.1 Å². The first-order chi connectivity index (χ1) is 17.5. The van der Waals surface area contributed by atoms with Crippen molar-refractivity contribution in [3.63, 3.8) is 0 Å². The van der Waals surface area contributed by atoms with E-state index in [0.29, 0.717) is 24.5 Å². The molecule has 36 heavy (non-hydrogen) atoms. The Hall–Kier alpha value is -3.40. The van der Waals surface area contributed by atoms with Gasteiger partial charge in [-0.25, -0.2) is 4.68 Å². The highest BCUT2D eigenvalue weighted by Crippen LogP contribution is 2.29. The lowest BCUT2D eigenvalue weighted by Crippen LogP contribution is -2.48. The van der Waals surface area contributed by atoms with E-state index in [0.717, 1.165) is 54.8 Å². The number of hydrogen-bond donors (Lipinski definition) is 1. The van der Waals surface area contributed by atoms with Crippen LogP contribution >= 0.6 is 0 Å². The lowest BCUT2D eigenvalue weighted by atomic mass is 9.99. The summed E-state index contributed by atoms with van der Waals surface area (Å²) in [5.41, 5.74) is 4.93. The minimum Gasteiger partial charge on any atom is -0.383 e. The van der Waals surface area contributed by atoms with Gasteiger partial charge in [-0.3, -0.25) is 14.6 Å². The van der Waals surface area contributed by atoms with Crippen LogP contribution in [0.4, 0.5) is 0 Å². The molecule has 1 fully saturated rings. The van der Waals surface area contributed by atoms with Crippen LogP contribution in [0.15, 0.2) is 53.3 Å². The molecule has 1 atom stereocenters. The minimum absolute atomic E-state index is 0.103. The average molecular weight is 488 g/mol. The minimum atomic E-state index is -0.358. The van der Waals surface area contributed by atoms with Crippen molar-refractivity contribution in [3.05, 3.63) is 87.0 Å². The van der Waals surface area contributed by atoms with Gasteiger partial charge in [-0.2, -0.15) is 0 Å². The van der Waals surface area contributed by atoms with E-state index in [-0.39, 0.29) is 11.6 Å². The summed E-state index contributed by atoms with van der Waals surface area (Å²) in [5.74, 6) is 0.665. The molecule has 4 aromatic rings. The predicted molar refractivity (Wildman–Crippen MR) is 139 cm³/mol.